The smallest absolute Gasteiger partial charge is 0.135 e. The summed E-state index contributed by atoms with van der Waals surface area (Å²) in [6.07, 6.45) is 13.3. The van der Waals surface area contributed by atoms with E-state index in [0.29, 0.717) is 13.1 Å². The van der Waals surface area contributed by atoms with Crippen molar-refractivity contribution in [2.75, 3.05) is 19.7 Å². The number of hydrogen-bond donors (Lipinski definition) is 2. The first kappa shape index (κ1) is 28.5. The summed E-state index contributed by atoms with van der Waals surface area (Å²) in [6.45, 7) is 11.7. The van der Waals surface area contributed by atoms with Crippen LogP contribution in [0.1, 0.15) is 44.7 Å². The van der Waals surface area contributed by atoms with Gasteiger partial charge in [-0.3, -0.25) is 4.90 Å². The molecule has 1 aliphatic heterocycles. The molecule has 0 spiro atoms. The minimum absolute atomic E-state index is 0.0180. The number of ether oxygens (including phenoxy) is 1. The molecule has 2 heterocycles. The normalized spacial score (nSPS) is 18.8. The summed E-state index contributed by atoms with van der Waals surface area (Å²) in [5.41, 5.74) is 3.74. The standard InChI is InChI=1S/C32H40N4O3/c1-5-9-24-12-14-25(15-13-24)30-22-36(34-33-30)28-17-16-26(31(19-28)39-29(7-3)10-6-2)20-35-18-8-11-27(21-35)32(4,38)23-37/h5-7,9-10,12-17,19,22,27,29,37-38H,3,8,11,18,20-21,23H2,1-2,4H3/b9-5+,10-6+/t27-,29?,32+/m0/s1. The molecule has 39 heavy (non-hydrogen) atoms. The molecule has 0 saturated carbocycles. The van der Waals surface area contributed by atoms with Gasteiger partial charge >= 0.3 is 0 Å². The van der Waals surface area contributed by atoms with Crippen LogP contribution in [0.2, 0.25) is 0 Å². The van der Waals surface area contributed by atoms with Crippen molar-refractivity contribution in [1.82, 2.24) is 19.9 Å². The molecule has 0 aliphatic carbocycles. The molecule has 2 aromatic carbocycles. The Kier molecular flexibility index (Phi) is 9.51. The van der Waals surface area contributed by atoms with Gasteiger partial charge in [0.1, 0.15) is 17.5 Å². The summed E-state index contributed by atoms with van der Waals surface area (Å²) in [7, 11) is 0. The number of aliphatic hydroxyl groups is 2. The third-order valence-electron chi connectivity index (χ3n) is 7.35. The van der Waals surface area contributed by atoms with Gasteiger partial charge in [-0.2, -0.15) is 0 Å². The topological polar surface area (TPSA) is 83.6 Å². The molecule has 2 N–H and O–H groups in total. The summed E-state index contributed by atoms with van der Waals surface area (Å²) in [4.78, 5) is 2.32. The van der Waals surface area contributed by atoms with Crippen LogP contribution in [0, 0.1) is 5.92 Å². The van der Waals surface area contributed by atoms with E-state index in [0.717, 1.165) is 53.2 Å². The zero-order valence-corrected chi connectivity index (χ0v) is 23.2. The third-order valence-corrected chi connectivity index (χ3v) is 7.35. The number of benzene rings is 2. The van der Waals surface area contributed by atoms with E-state index in [2.05, 4.69) is 46.1 Å². The number of allylic oxidation sites excluding steroid dienone is 2. The monoisotopic (exact) mass is 528 g/mol. The molecule has 0 amide bonds. The van der Waals surface area contributed by atoms with E-state index in [1.54, 1.807) is 17.7 Å². The molecule has 1 aromatic heterocycles. The van der Waals surface area contributed by atoms with Crippen molar-refractivity contribution in [3.63, 3.8) is 0 Å². The molecule has 1 fully saturated rings. The quantitative estimate of drug-likeness (QED) is 0.323. The van der Waals surface area contributed by atoms with E-state index in [1.807, 2.05) is 62.5 Å². The molecular formula is C32H40N4O3. The van der Waals surface area contributed by atoms with Gasteiger partial charge in [0.15, 0.2) is 0 Å². The van der Waals surface area contributed by atoms with Crippen molar-refractivity contribution in [3.05, 3.63) is 90.7 Å². The predicted octanol–water partition coefficient (Wildman–Crippen LogP) is 5.43. The molecule has 7 heteroatoms. The van der Waals surface area contributed by atoms with Crippen molar-refractivity contribution in [3.8, 4) is 22.7 Å². The average molecular weight is 529 g/mol. The van der Waals surface area contributed by atoms with Crippen LogP contribution >= 0.6 is 0 Å². The maximum Gasteiger partial charge on any atom is 0.135 e. The molecule has 0 bridgehead atoms. The molecule has 3 aromatic rings. The van der Waals surface area contributed by atoms with Gasteiger partial charge in [0.2, 0.25) is 0 Å². The Morgan fingerprint density at radius 1 is 1.18 bits per heavy atom. The van der Waals surface area contributed by atoms with Crippen LogP contribution in [-0.2, 0) is 6.54 Å². The molecule has 1 aliphatic rings. The lowest BCUT2D eigenvalue weighted by molar-refractivity contribution is -0.0697. The zero-order chi connectivity index (χ0) is 27.8. The van der Waals surface area contributed by atoms with Gasteiger partial charge in [-0.1, -0.05) is 60.4 Å². The van der Waals surface area contributed by atoms with Crippen molar-refractivity contribution in [1.29, 1.82) is 0 Å². The number of piperidine rings is 1. The highest BCUT2D eigenvalue weighted by molar-refractivity contribution is 5.62. The van der Waals surface area contributed by atoms with Gasteiger partial charge in [-0.05, 0) is 63.9 Å². The zero-order valence-electron chi connectivity index (χ0n) is 23.2. The minimum Gasteiger partial charge on any atom is -0.482 e. The molecule has 3 atom stereocenters. The van der Waals surface area contributed by atoms with E-state index in [9.17, 15) is 10.2 Å². The molecule has 7 nitrogen and oxygen atoms in total. The van der Waals surface area contributed by atoms with Crippen molar-refractivity contribution >= 4 is 6.08 Å². The van der Waals surface area contributed by atoms with Gasteiger partial charge in [-0.25, -0.2) is 4.68 Å². The molecular weight excluding hydrogens is 488 g/mol. The Morgan fingerprint density at radius 2 is 1.97 bits per heavy atom. The second-order valence-electron chi connectivity index (χ2n) is 10.4. The second-order valence-corrected chi connectivity index (χ2v) is 10.4. The maximum atomic E-state index is 10.6. The first-order valence-corrected chi connectivity index (χ1v) is 13.6. The first-order valence-electron chi connectivity index (χ1n) is 13.6. The lowest BCUT2D eigenvalue weighted by Gasteiger charge is -2.39. The van der Waals surface area contributed by atoms with Crippen LogP contribution < -0.4 is 4.74 Å². The molecule has 206 valence electrons. The van der Waals surface area contributed by atoms with Crippen LogP contribution in [-0.4, -0.2) is 61.5 Å². The predicted molar refractivity (Wildman–Crippen MR) is 157 cm³/mol. The third kappa shape index (κ3) is 7.12. The number of nitrogens with zero attached hydrogens (tertiary/aromatic N) is 4. The van der Waals surface area contributed by atoms with Gasteiger partial charge in [0.25, 0.3) is 0 Å². The van der Waals surface area contributed by atoms with Gasteiger partial charge in [0.05, 0.1) is 24.1 Å². The number of hydrogen-bond acceptors (Lipinski definition) is 6. The van der Waals surface area contributed by atoms with Crippen LogP contribution in [0.25, 0.3) is 23.0 Å². The van der Waals surface area contributed by atoms with Crippen LogP contribution in [0.4, 0.5) is 0 Å². The Labute approximate surface area is 231 Å². The van der Waals surface area contributed by atoms with Gasteiger partial charge < -0.3 is 14.9 Å². The van der Waals surface area contributed by atoms with Crippen molar-refractivity contribution < 1.29 is 14.9 Å². The maximum absolute atomic E-state index is 10.6. The Morgan fingerprint density at radius 3 is 2.67 bits per heavy atom. The molecule has 1 unspecified atom stereocenters. The highest BCUT2D eigenvalue weighted by atomic mass is 16.5. The van der Waals surface area contributed by atoms with Gasteiger partial charge in [-0.15, -0.1) is 5.10 Å². The summed E-state index contributed by atoms with van der Waals surface area (Å²) in [5.74, 6) is 0.767. The fourth-order valence-electron chi connectivity index (χ4n) is 4.98. The number of aromatic nitrogens is 3. The summed E-state index contributed by atoms with van der Waals surface area (Å²) in [5, 5.41) is 29.1. The van der Waals surface area contributed by atoms with Crippen LogP contribution in [0.5, 0.6) is 5.75 Å². The largest absolute Gasteiger partial charge is 0.482 e. The van der Waals surface area contributed by atoms with Gasteiger partial charge in [0, 0.05) is 36.2 Å². The molecule has 1 saturated heterocycles. The molecule has 4 rings (SSSR count). The highest BCUT2D eigenvalue weighted by Gasteiger charge is 2.34. The van der Waals surface area contributed by atoms with E-state index < -0.39 is 5.60 Å². The lowest BCUT2D eigenvalue weighted by Crippen LogP contribution is -2.47. The molecule has 0 radical (unpaired) electrons. The lowest BCUT2D eigenvalue weighted by atomic mass is 9.83. The highest BCUT2D eigenvalue weighted by Crippen LogP contribution is 2.31. The van der Waals surface area contributed by atoms with Crippen LogP contribution in [0.3, 0.4) is 0 Å². The number of likely N-dealkylation sites (tertiary alicyclic amines) is 1. The van der Waals surface area contributed by atoms with Crippen molar-refractivity contribution in [2.45, 2.75) is 51.9 Å². The van der Waals surface area contributed by atoms with E-state index in [4.69, 9.17) is 4.74 Å². The Balaban J connectivity index is 1.60. The first-order chi connectivity index (χ1) is 18.9. The average Bonchev–Trinajstić information content (AvgIpc) is 3.45. The summed E-state index contributed by atoms with van der Waals surface area (Å²) in [6, 6.07) is 14.3. The number of rotatable bonds is 11. The SMILES string of the molecule is C=CC(/C=C/C)Oc1cc(-n2cc(-c3ccc(/C=C/C)cc3)nn2)ccc1CN1CCC[C@H]([C@](C)(O)CO)C1. The minimum atomic E-state index is -1.08. The summed E-state index contributed by atoms with van der Waals surface area (Å²) < 4.78 is 8.16. The van der Waals surface area contributed by atoms with Crippen LogP contribution in [0.15, 0.2) is 79.5 Å². The van der Waals surface area contributed by atoms with E-state index in [1.165, 1.54) is 0 Å². The van der Waals surface area contributed by atoms with Crippen molar-refractivity contribution in [2.24, 2.45) is 5.92 Å². The van der Waals surface area contributed by atoms with E-state index in [-0.39, 0.29) is 18.6 Å². The summed E-state index contributed by atoms with van der Waals surface area (Å²) >= 11 is 0. The number of aliphatic hydroxyl groups excluding tert-OH is 1. The fraction of sp³-hybridized carbons (Fsp3) is 0.375. The Hall–Kier alpha value is -3.52. The second kappa shape index (κ2) is 13.0. The fourth-order valence-corrected chi connectivity index (χ4v) is 4.98. The van der Waals surface area contributed by atoms with E-state index >= 15 is 0 Å². The Bertz CT molecular complexity index is 1290.